The van der Waals surface area contributed by atoms with Crippen LogP contribution in [0.15, 0.2) is 60.9 Å². The SMILES string of the molecule is O=C(Cc1ccc(-n2cccn2)cc1)NC1CNCCC1c1ccc(F)c(F)c1. The van der Waals surface area contributed by atoms with Crippen molar-refractivity contribution in [2.75, 3.05) is 13.1 Å². The molecule has 29 heavy (non-hydrogen) atoms. The third-order valence-electron chi connectivity index (χ3n) is 5.27. The fourth-order valence-electron chi connectivity index (χ4n) is 3.78. The third-order valence-corrected chi connectivity index (χ3v) is 5.27. The van der Waals surface area contributed by atoms with E-state index >= 15 is 0 Å². The minimum Gasteiger partial charge on any atom is -0.351 e. The number of carbonyl (C=O) groups is 1. The van der Waals surface area contributed by atoms with Crippen LogP contribution < -0.4 is 10.6 Å². The molecule has 2 heterocycles. The maximum atomic E-state index is 13.7. The molecule has 0 bridgehead atoms. The Morgan fingerprint density at radius 3 is 2.72 bits per heavy atom. The van der Waals surface area contributed by atoms with E-state index in [1.165, 1.54) is 6.07 Å². The lowest BCUT2D eigenvalue weighted by Gasteiger charge is -2.33. The van der Waals surface area contributed by atoms with Gasteiger partial charge in [0, 0.05) is 30.9 Å². The molecule has 0 aliphatic carbocycles. The van der Waals surface area contributed by atoms with E-state index in [0.717, 1.165) is 30.3 Å². The number of benzene rings is 2. The van der Waals surface area contributed by atoms with Gasteiger partial charge in [0.2, 0.25) is 5.91 Å². The minimum absolute atomic E-state index is 0.0579. The molecule has 1 amide bonds. The van der Waals surface area contributed by atoms with Crippen molar-refractivity contribution in [2.45, 2.75) is 24.8 Å². The molecule has 2 unspecified atom stereocenters. The molecule has 1 fully saturated rings. The number of hydrogen-bond donors (Lipinski definition) is 2. The molecule has 1 aliphatic heterocycles. The number of halogens is 2. The largest absolute Gasteiger partial charge is 0.351 e. The van der Waals surface area contributed by atoms with E-state index in [-0.39, 0.29) is 24.3 Å². The molecule has 3 aromatic rings. The molecule has 0 spiro atoms. The molecule has 1 aromatic heterocycles. The molecule has 4 rings (SSSR count). The Kier molecular flexibility index (Phi) is 5.67. The Hall–Kier alpha value is -3.06. The van der Waals surface area contributed by atoms with Crippen LogP contribution in [0.2, 0.25) is 0 Å². The maximum absolute atomic E-state index is 13.7. The number of amides is 1. The van der Waals surface area contributed by atoms with Crippen LogP contribution in [0.25, 0.3) is 5.69 Å². The van der Waals surface area contributed by atoms with Crippen LogP contribution in [-0.2, 0) is 11.2 Å². The summed E-state index contributed by atoms with van der Waals surface area (Å²) in [7, 11) is 0. The van der Waals surface area contributed by atoms with Crippen molar-refractivity contribution in [3.05, 3.63) is 83.7 Å². The van der Waals surface area contributed by atoms with Gasteiger partial charge in [-0.05, 0) is 54.4 Å². The molecule has 2 N–H and O–H groups in total. The van der Waals surface area contributed by atoms with Crippen molar-refractivity contribution < 1.29 is 13.6 Å². The predicted molar refractivity (Wildman–Crippen MR) is 106 cm³/mol. The van der Waals surface area contributed by atoms with Crippen molar-refractivity contribution in [1.29, 1.82) is 0 Å². The first kappa shape index (κ1) is 19.3. The lowest BCUT2D eigenvalue weighted by molar-refractivity contribution is -0.121. The zero-order valence-electron chi connectivity index (χ0n) is 15.8. The number of carbonyl (C=O) groups excluding carboxylic acids is 1. The number of hydrogen-bond acceptors (Lipinski definition) is 3. The molecule has 2 aromatic carbocycles. The number of piperidine rings is 1. The third kappa shape index (κ3) is 4.51. The molecule has 1 aliphatic rings. The number of nitrogens with one attached hydrogen (secondary N) is 2. The van der Waals surface area contributed by atoms with E-state index in [1.54, 1.807) is 16.9 Å². The summed E-state index contributed by atoms with van der Waals surface area (Å²) >= 11 is 0. The van der Waals surface area contributed by atoms with Gasteiger partial charge in [0.25, 0.3) is 0 Å². The molecule has 5 nitrogen and oxygen atoms in total. The molecule has 0 saturated carbocycles. The van der Waals surface area contributed by atoms with Gasteiger partial charge < -0.3 is 10.6 Å². The maximum Gasteiger partial charge on any atom is 0.224 e. The summed E-state index contributed by atoms with van der Waals surface area (Å²) in [5.74, 6) is -1.87. The minimum atomic E-state index is -0.859. The van der Waals surface area contributed by atoms with Gasteiger partial charge in [-0.3, -0.25) is 4.79 Å². The van der Waals surface area contributed by atoms with Crippen LogP contribution >= 0.6 is 0 Å². The van der Waals surface area contributed by atoms with Gasteiger partial charge in [0.05, 0.1) is 12.1 Å². The van der Waals surface area contributed by atoms with Crippen LogP contribution in [0.4, 0.5) is 8.78 Å². The smallest absolute Gasteiger partial charge is 0.224 e. The molecule has 2 atom stereocenters. The van der Waals surface area contributed by atoms with Crippen molar-refractivity contribution in [3.8, 4) is 5.69 Å². The van der Waals surface area contributed by atoms with Crippen molar-refractivity contribution in [2.24, 2.45) is 0 Å². The fourth-order valence-corrected chi connectivity index (χ4v) is 3.78. The first-order valence-electron chi connectivity index (χ1n) is 9.64. The topological polar surface area (TPSA) is 59.0 Å². The van der Waals surface area contributed by atoms with Crippen LogP contribution in [-0.4, -0.2) is 34.8 Å². The summed E-state index contributed by atoms with van der Waals surface area (Å²) in [5.41, 5.74) is 2.53. The van der Waals surface area contributed by atoms with Gasteiger partial charge in [-0.15, -0.1) is 0 Å². The first-order valence-corrected chi connectivity index (χ1v) is 9.64. The standard InChI is InChI=1S/C22H22F2N4O/c23-19-7-4-16(13-20(19)24)18-8-10-25-14-21(18)27-22(29)12-15-2-5-17(6-3-15)28-11-1-9-26-28/h1-7,9,11,13,18,21,25H,8,10,12,14H2,(H,27,29). The van der Waals surface area contributed by atoms with Gasteiger partial charge in [0.1, 0.15) is 0 Å². The highest BCUT2D eigenvalue weighted by Crippen LogP contribution is 2.27. The fraction of sp³-hybridized carbons (Fsp3) is 0.273. The van der Waals surface area contributed by atoms with E-state index in [4.69, 9.17) is 0 Å². The Morgan fingerprint density at radius 1 is 1.17 bits per heavy atom. The second-order valence-electron chi connectivity index (χ2n) is 7.24. The summed E-state index contributed by atoms with van der Waals surface area (Å²) in [4.78, 5) is 12.6. The van der Waals surface area contributed by atoms with E-state index in [0.29, 0.717) is 12.1 Å². The van der Waals surface area contributed by atoms with E-state index in [1.807, 2.05) is 36.5 Å². The molecular formula is C22H22F2N4O. The average Bonchev–Trinajstić information content (AvgIpc) is 3.26. The first-order chi connectivity index (χ1) is 14.1. The summed E-state index contributed by atoms with van der Waals surface area (Å²) in [6.07, 6.45) is 4.56. The number of rotatable bonds is 5. The van der Waals surface area contributed by atoms with E-state index in [9.17, 15) is 13.6 Å². The summed E-state index contributed by atoms with van der Waals surface area (Å²) in [6.45, 7) is 1.36. The van der Waals surface area contributed by atoms with E-state index in [2.05, 4.69) is 15.7 Å². The average molecular weight is 396 g/mol. The summed E-state index contributed by atoms with van der Waals surface area (Å²) in [6, 6.07) is 13.3. The Morgan fingerprint density at radius 2 is 2.00 bits per heavy atom. The molecule has 7 heteroatoms. The molecule has 1 saturated heterocycles. The molecular weight excluding hydrogens is 374 g/mol. The Bertz CT molecular complexity index is 973. The second-order valence-corrected chi connectivity index (χ2v) is 7.24. The Balaban J connectivity index is 1.41. The van der Waals surface area contributed by atoms with Crippen LogP contribution in [0, 0.1) is 11.6 Å². The highest BCUT2D eigenvalue weighted by molar-refractivity contribution is 5.79. The second kappa shape index (κ2) is 8.53. The normalized spacial score (nSPS) is 19.1. The highest BCUT2D eigenvalue weighted by Gasteiger charge is 2.28. The van der Waals surface area contributed by atoms with Crippen LogP contribution in [0.5, 0.6) is 0 Å². The van der Waals surface area contributed by atoms with Crippen molar-refractivity contribution in [3.63, 3.8) is 0 Å². The van der Waals surface area contributed by atoms with Gasteiger partial charge in [-0.25, -0.2) is 13.5 Å². The quantitative estimate of drug-likeness (QED) is 0.697. The zero-order chi connectivity index (χ0) is 20.2. The number of nitrogens with zero attached hydrogens (tertiary/aromatic N) is 2. The monoisotopic (exact) mass is 396 g/mol. The molecule has 150 valence electrons. The van der Waals surface area contributed by atoms with Gasteiger partial charge in [0.15, 0.2) is 11.6 Å². The summed E-state index contributed by atoms with van der Waals surface area (Å²) in [5, 5.41) is 10.5. The lowest BCUT2D eigenvalue weighted by Crippen LogP contribution is -2.50. The van der Waals surface area contributed by atoms with Gasteiger partial charge in [-0.2, -0.15) is 5.10 Å². The highest BCUT2D eigenvalue weighted by atomic mass is 19.2. The zero-order valence-corrected chi connectivity index (χ0v) is 15.8. The number of aromatic nitrogens is 2. The Labute approximate surface area is 167 Å². The van der Waals surface area contributed by atoms with Gasteiger partial charge >= 0.3 is 0 Å². The van der Waals surface area contributed by atoms with Crippen molar-refractivity contribution in [1.82, 2.24) is 20.4 Å². The predicted octanol–water partition coefficient (Wildman–Crippen LogP) is 2.95. The lowest BCUT2D eigenvalue weighted by atomic mass is 9.86. The van der Waals surface area contributed by atoms with Gasteiger partial charge in [-0.1, -0.05) is 18.2 Å². The van der Waals surface area contributed by atoms with Crippen LogP contribution in [0.3, 0.4) is 0 Å². The van der Waals surface area contributed by atoms with E-state index < -0.39 is 11.6 Å². The van der Waals surface area contributed by atoms with Crippen molar-refractivity contribution >= 4 is 5.91 Å². The molecule has 0 radical (unpaired) electrons. The summed E-state index contributed by atoms with van der Waals surface area (Å²) < 4.78 is 28.7. The van der Waals surface area contributed by atoms with Crippen LogP contribution in [0.1, 0.15) is 23.5 Å².